The van der Waals surface area contributed by atoms with E-state index in [1.807, 2.05) is 0 Å². The van der Waals surface area contributed by atoms with Gasteiger partial charge in [-0.25, -0.2) is 4.79 Å². The van der Waals surface area contributed by atoms with Crippen LogP contribution < -0.4 is 5.32 Å². The molecule has 2 fully saturated rings. The maximum Gasteiger partial charge on any atom is 0.525 e. The Morgan fingerprint density at radius 1 is 1.41 bits per heavy atom. The normalized spacial score (nSPS) is 27.9. The lowest BCUT2D eigenvalue weighted by Gasteiger charge is -2.47. The Labute approximate surface area is 101 Å². The van der Waals surface area contributed by atoms with Gasteiger partial charge in [-0.15, -0.1) is 5.06 Å². The van der Waals surface area contributed by atoms with Crippen LogP contribution in [0.3, 0.4) is 0 Å². The first-order valence-electron chi connectivity index (χ1n) is 5.96. The molecular formula is C11H20N2O4. The van der Waals surface area contributed by atoms with Crippen molar-refractivity contribution < 1.29 is 19.5 Å². The fraction of sp³-hybridized carbons (Fsp3) is 0.909. The molecule has 0 saturated carbocycles. The van der Waals surface area contributed by atoms with E-state index in [4.69, 9.17) is 9.84 Å². The molecule has 0 aromatic carbocycles. The van der Waals surface area contributed by atoms with Crippen molar-refractivity contribution in [3.8, 4) is 0 Å². The van der Waals surface area contributed by atoms with Crippen LogP contribution in [0.25, 0.3) is 0 Å². The van der Waals surface area contributed by atoms with Gasteiger partial charge in [-0.1, -0.05) is 13.8 Å². The van der Waals surface area contributed by atoms with Gasteiger partial charge in [0.1, 0.15) is 5.72 Å². The van der Waals surface area contributed by atoms with Gasteiger partial charge in [0, 0.05) is 37.9 Å². The van der Waals surface area contributed by atoms with Gasteiger partial charge in [0.25, 0.3) is 0 Å². The number of hydrogen-bond acceptors (Lipinski definition) is 5. The Hall–Kier alpha value is -0.850. The predicted molar refractivity (Wildman–Crippen MR) is 60.4 cm³/mol. The maximum absolute atomic E-state index is 10.4. The molecule has 2 aliphatic heterocycles. The third-order valence-electron chi connectivity index (χ3n) is 3.37. The summed E-state index contributed by atoms with van der Waals surface area (Å²) >= 11 is 0. The molecule has 6 heteroatoms. The molecular weight excluding hydrogens is 224 g/mol. The molecule has 98 valence electrons. The summed E-state index contributed by atoms with van der Waals surface area (Å²) in [6, 6.07) is 0. The molecule has 0 aromatic heterocycles. The van der Waals surface area contributed by atoms with E-state index >= 15 is 0 Å². The van der Waals surface area contributed by atoms with Crippen LogP contribution in [0.1, 0.15) is 26.7 Å². The minimum atomic E-state index is -1.25. The number of carbonyl (C=O) groups is 1. The van der Waals surface area contributed by atoms with Crippen LogP contribution in [0.15, 0.2) is 0 Å². The summed E-state index contributed by atoms with van der Waals surface area (Å²) in [5, 5.41) is 13.4. The van der Waals surface area contributed by atoms with Crippen molar-refractivity contribution in [2.45, 2.75) is 32.4 Å². The molecule has 2 rings (SSSR count). The molecule has 2 saturated heterocycles. The Morgan fingerprint density at radius 2 is 2.06 bits per heavy atom. The second-order valence-corrected chi connectivity index (χ2v) is 5.59. The smallest absolute Gasteiger partial charge is 0.448 e. The predicted octanol–water partition coefficient (Wildman–Crippen LogP) is 1.03. The summed E-state index contributed by atoms with van der Waals surface area (Å²) in [6.45, 7) is 7.12. The first kappa shape index (κ1) is 12.6. The number of rotatable bonds is 1. The van der Waals surface area contributed by atoms with Crippen molar-refractivity contribution in [1.82, 2.24) is 10.4 Å². The zero-order valence-electron chi connectivity index (χ0n) is 10.4. The van der Waals surface area contributed by atoms with Crippen molar-refractivity contribution in [2.24, 2.45) is 5.41 Å². The fourth-order valence-electron chi connectivity index (χ4n) is 2.21. The van der Waals surface area contributed by atoms with Gasteiger partial charge in [-0.05, 0) is 0 Å². The number of ether oxygens (including phenoxy) is 1. The molecule has 2 N–H and O–H groups in total. The average molecular weight is 244 g/mol. The minimum Gasteiger partial charge on any atom is -0.448 e. The Kier molecular flexibility index (Phi) is 3.29. The Bertz CT molecular complexity index is 286. The molecule has 0 bridgehead atoms. The van der Waals surface area contributed by atoms with Crippen molar-refractivity contribution in [2.75, 3.05) is 26.2 Å². The van der Waals surface area contributed by atoms with Crippen LogP contribution in [-0.4, -0.2) is 48.3 Å². The highest BCUT2D eigenvalue weighted by molar-refractivity contribution is 5.56. The van der Waals surface area contributed by atoms with E-state index in [9.17, 15) is 4.79 Å². The number of nitrogens with zero attached hydrogens (tertiary/aromatic N) is 1. The second-order valence-electron chi connectivity index (χ2n) is 5.59. The number of nitrogens with one attached hydrogen (secondary N) is 1. The monoisotopic (exact) mass is 244 g/mol. The highest BCUT2D eigenvalue weighted by atomic mass is 16.8. The molecule has 17 heavy (non-hydrogen) atoms. The summed E-state index contributed by atoms with van der Waals surface area (Å²) in [7, 11) is 0. The number of carboxylic acid groups (broad SMARTS) is 1. The second kappa shape index (κ2) is 4.44. The molecule has 0 unspecified atom stereocenters. The first-order valence-corrected chi connectivity index (χ1v) is 5.96. The van der Waals surface area contributed by atoms with Gasteiger partial charge < -0.3 is 14.7 Å². The quantitative estimate of drug-likeness (QED) is 0.718. The van der Waals surface area contributed by atoms with Crippen LogP contribution in [-0.2, 0) is 9.57 Å². The molecule has 0 atom stereocenters. The summed E-state index contributed by atoms with van der Waals surface area (Å²) in [4.78, 5) is 15.0. The van der Waals surface area contributed by atoms with Gasteiger partial charge in [-0.2, -0.15) is 0 Å². The summed E-state index contributed by atoms with van der Waals surface area (Å²) in [5.41, 5.74) is -0.117. The number of hydrogen-bond donors (Lipinski definition) is 2. The lowest BCUT2D eigenvalue weighted by molar-refractivity contribution is -0.206. The SMILES string of the molecule is CC1(C)CNC2(CCN(OC(=O)O)CC2)OC1. The van der Waals surface area contributed by atoms with Crippen molar-refractivity contribution in [3.05, 3.63) is 0 Å². The first-order chi connectivity index (χ1) is 7.91. The van der Waals surface area contributed by atoms with E-state index in [2.05, 4.69) is 24.0 Å². The van der Waals surface area contributed by atoms with Gasteiger partial charge >= 0.3 is 6.16 Å². The number of hydroxylamine groups is 2. The summed E-state index contributed by atoms with van der Waals surface area (Å²) in [5.74, 6) is 0. The van der Waals surface area contributed by atoms with E-state index in [1.165, 1.54) is 5.06 Å². The summed E-state index contributed by atoms with van der Waals surface area (Å²) < 4.78 is 5.93. The van der Waals surface area contributed by atoms with Crippen molar-refractivity contribution >= 4 is 6.16 Å². The minimum absolute atomic E-state index is 0.167. The van der Waals surface area contributed by atoms with E-state index in [0.29, 0.717) is 13.1 Å². The van der Waals surface area contributed by atoms with Crippen LogP contribution in [0.4, 0.5) is 4.79 Å². The van der Waals surface area contributed by atoms with Crippen LogP contribution in [0.5, 0.6) is 0 Å². The number of piperidine rings is 1. The van der Waals surface area contributed by atoms with Gasteiger partial charge in [0.15, 0.2) is 0 Å². The third-order valence-corrected chi connectivity index (χ3v) is 3.37. The van der Waals surface area contributed by atoms with Crippen molar-refractivity contribution in [3.63, 3.8) is 0 Å². The molecule has 0 aliphatic carbocycles. The van der Waals surface area contributed by atoms with E-state index in [-0.39, 0.29) is 11.1 Å². The molecule has 6 nitrogen and oxygen atoms in total. The van der Waals surface area contributed by atoms with Crippen molar-refractivity contribution in [1.29, 1.82) is 0 Å². The molecule has 2 heterocycles. The molecule has 0 aromatic rings. The van der Waals surface area contributed by atoms with E-state index in [1.54, 1.807) is 0 Å². The van der Waals surface area contributed by atoms with E-state index < -0.39 is 6.16 Å². The third kappa shape index (κ3) is 3.08. The average Bonchev–Trinajstić information content (AvgIpc) is 2.26. The van der Waals surface area contributed by atoms with Crippen LogP contribution >= 0.6 is 0 Å². The van der Waals surface area contributed by atoms with Gasteiger partial charge in [-0.3, -0.25) is 5.32 Å². The lowest BCUT2D eigenvalue weighted by atomic mass is 9.89. The lowest BCUT2D eigenvalue weighted by Crippen LogP contribution is -2.61. The zero-order valence-corrected chi connectivity index (χ0v) is 10.4. The highest BCUT2D eigenvalue weighted by Crippen LogP contribution is 2.31. The molecule has 0 radical (unpaired) electrons. The molecule has 2 aliphatic rings. The topological polar surface area (TPSA) is 71.0 Å². The Balaban J connectivity index is 1.84. The van der Waals surface area contributed by atoms with Gasteiger partial charge in [0.2, 0.25) is 0 Å². The van der Waals surface area contributed by atoms with Gasteiger partial charge in [0.05, 0.1) is 6.61 Å². The zero-order chi connectivity index (χ0) is 12.5. The standard InChI is InChI=1S/C11H20N2O4/c1-10(2)7-12-11(16-8-10)3-5-13(6-4-11)17-9(14)15/h12H,3-8H2,1-2H3,(H,14,15). The fourth-order valence-corrected chi connectivity index (χ4v) is 2.21. The van der Waals surface area contributed by atoms with Crippen LogP contribution in [0.2, 0.25) is 0 Å². The highest BCUT2D eigenvalue weighted by Gasteiger charge is 2.41. The van der Waals surface area contributed by atoms with E-state index in [0.717, 1.165) is 26.0 Å². The van der Waals surface area contributed by atoms with Crippen LogP contribution in [0, 0.1) is 5.41 Å². The summed E-state index contributed by atoms with van der Waals surface area (Å²) in [6.07, 6.45) is 0.242. The largest absolute Gasteiger partial charge is 0.525 e. The maximum atomic E-state index is 10.4. The Morgan fingerprint density at radius 3 is 2.53 bits per heavy atom. The molecule has 0 amide bonds. The molecule has 1 spiro atoms.